The van der Waals surface area contributed by atoms with E-state index in [0.29, 0.717) is 161 Å². The number of ether oxygens (including phenoxy) is 10. The summed E-state index contributed by atoms with van der Waals surface area (Å²) in [7, 11) is 0. The number of nitrogens with zero attached hydrogens (tertiary/aromatic N) is 4. The number of carbonyl (C=O) groups is 6. The first-order valence-electron chi connectivity index (χ1n) is 25.6. The second-order valence-corrected chi connectivity index (χ2v) is 16.6. The number of aliphatic hydroxyl groups is 1. The Hall–Kier alpha value is -5.32. The van der Waals surface area contributed by atoms with Gasteiger partial charge >= 0.3 is 0 Å². The van der Waals surface area contributed by atoms with Gasteiger partial charge < -0.3 is 79.1 Å². The van der Waals surface area contributed by atoms with E-state index in [4.69, 9.17) is 58.2 Å². The number of aliphatic hydroxyl groups excluding tert-OH is 1. The molecular weight excluding hydrogens is 985 g/mol. The third-order valence-electron chi connectivity index (χ3n) is 10.6. The van der Waals surface area contributed by atoms with Crippen molar-refractivity contribution in [2.45, 2.75) is 52.0 Å². The van der Waals surface area contributed by atoms with Gasteiger partial charge in [0.2, 0.25) is 17.7 Å². The number of rotatable bonds is 40. The highest BCUT2D eigenvalue weighted by Crippen LogP contribution is 2.27. The normalized spacial score (nSPS) is 15.2. The number of hydrogen-bond acceptors (Lipinski definition) is 20. The van der Waals surface area contributed by atoms with Crippen LogP contribution in [0.15, 0.2) is 35.0 Å². The van der Waals surface area contributed by atoms with Crippen molar-refractivity contribution in [2.75, 3.05) is 171 Å². The molecule has 1 unspecified atom stereocenters. The Morgan fingerprint density at radius 1 is 0.680 bits per heavy atom. The van der Waals surface area contributed by atoms with E-state index >= 15 is 0 Å². The highest BCUT2D eigenvalue weighted by molar-refractivity contribution is 6.14. The van der Waals surface area contributed by atoms with Gasteiger partial charge in [-0.05, 0) is 38.3 Å². The SMILES string of the molecule is CCCNC(=O)C1=Cc2ncc(C(=O)N3CCCC(NC(=O)CCOCCOCCOCCOCCOCCOCCOCCOCCOCCOCCNC(=O)CN4C(=O)C=CC4=O)C3)cc2N=C(N)C1.CCO. The maximum atomic E-state index is 13.5. The maximum absolute atomic E-state index is 13.5. The van der Waals surface area contributed by atoms with Gasteiger partial charge in [0.15, 0.2) is 0 Å². The lowest BCUT2D eigenvalue weighted by molar-refractivity contribution is -0.141. The number of fused-ring (bicyclic) bond motifs is 1. The fourth-order valence-electron chi connectivity index (χ4n) is 6.94. The van der Waals surface area contributed by atoms with Crippen LogP contribution in [-0.2, 0) is 71.3 Å². The van der Waals surface area contributed by atoms with E-state index in [1.807, 2.05) is 6.92 Å². The van der Waals surface area contributed by atoms with Gasteiger partial charge in [-0.15, -0.1) is 0 Å². The summed E-state index contributed by atoms with van der Waals surface area (Å²) in [4.78, 5) is 84.9. The largest absolute Gasteiger partial charge is 0.397 e. The Kier molecular flexibility index (Phi) is 34.9. The second-order valence-electron chi connectivity index (χ2n) is 16.6. The molecule has 0 saturated carbocycles. The van der Waals surface area contributed by atoms with E-state index < -0.39 is 17.7 Å². The molecule has 1 atom stereocenters. The van der Waals surface area contributed by atoms with E-state index in [9.17, 15) is 28.8 Å². The van der Waals surface area contributed by atoms with E-state index in [1.54, 1.807) is 24.0 Å². The number of piperidine rings is 1. The van der Waals surface area contributed by atoms with Crippen molar-refractivity contribution in [3.63, 3.8) is 0 Å². The first kappa shape index (κ1) is 64.0. The zero-order valence-corrected chi connectivity index (χ0v) is 43.7. The van der Waals surface area contributed by atoms with Crippen LogP contribution in [0.1, 0.15) is 62.0 Å². The molecule has 6 N–H and O–H groups in total. The highest BCUT2D eigenvalue weighted by atomic mass is 16.6. The third-order valence-corrected chi connectivity index (χ3v) is 10.6. The van der Waals surface area contributed by atoms with Crippen LogP contribution in [0.4, 0.5) is 5.69 Å². The summed E-state index contributed by atoms with van der Waals surface area (Å²) in [5.74, 6) is -1.76. The Morgan fingerprint density at radius 2 is 1.16 bits per heavy atom. The molecule has 3 aliphatic heterocycles. The Morgan fingerprint density at radius 3 is 1.65 bits per heavy atom. The molecule has 6 amide bonds. The molecular formula is C50H80N8O17. The zero-order chi connectivity index (χ0) is 54.1. The van der Waals surface area contributed by atoms with Crippen LogP contribution >= 0.6 is 0 Å². The number of nitrogens with one attached hydrogen (secondary N) is 3. The molecule has 1 aromatic heterocycles. The van der Waals surface area contributed by atoms with Crippen LogP contribution in [0.2, 0.25) is 0 Å². The predicted molar refractivity (Wildman–Crippen MR) is 273 cm³/mol. The van der Waals surface area contributed by atoms with Crippen LogP contribution in [0.3, 0.4) is 0 Å². The second kappa shape index (κ2) is 40.9. The molecule has 25 nitrogen and oxygen atoms in total. The summed E-state index contributed by atoms with van der Waals surface area (Å²) in [5, 5.41) is 16.0. The molecule has 1 fully saturated rings. The number of imide groups is 1. The van der Waals surface area contributed by atoms with Gasteiger partial charge in [-0.2, -0.15) is 0 Å². The van der Waals surface area contributed by atoms with Crippen molar-refractivity contribution in [1.29, 1.82) is 0 Å². The van der Waals surface area contributed by atoms with Crippen LogP contribution in [0, 0.1) is 0 Å². The quantitative estimate of drug-likeness (QED) is 0.0416. The molecule has 3 aliphatic rings. The lowest BCUT2D eigenvalue weighted by Gasteiger charge is -2.33. The number of nitrogens with two attached hydrogens (primary N) is 1. The molecule has 1 saturated heterocycles. The number of amides is 6. The fourth-order valence-corrected chi connectivity index (χ4v) is 6.94. The van der Waals surface area contributed by atoms with Gasteiger partial charge in [0.25, 0.3) is 17.7 Å². The number of pyridine rings is 1. The average molecular weight is 1070 g/mol. The van der Waals surface area contributed by atoms with Crippen molar-refractivity contribution in [2.24, 2.45) is 10.7 Å². The van der Waals surface area contributed by atoms with E-state index in [1.165, 1.54) is 6.20 Å². The smallest absolute Gasteiger partial charge is 0.255 e. The first-order valence-corrected chi connectivity index (χ1v) is 25.6. The van der Waals surface area contributed by atoms with Gasteiger partial charge in [-0.1, -0.05) is 6.92 Å². The summed E-state index contributed by atoms with van der Waals surface area (Å²) in [6.45, 7) is 13.3. The Bertz CT molecular complexity index is 1920. The fraction of sp³-hybridized carbons (Fsp3) is 0.680. The van der Waals surface area contributed by atoms with Crippen molar-refractivity contribution in [1.82, 2.24) is 30.7 Å². The van der Waals surface area contributed by atoms with Gasteiger partial charge in [-0.25, -0.2) is 4.99 Å². The average Bonchev–Trinajstić information content (AvgIpc) is 3.60. The number of likely N-dealkylation sites (tertiary alicyclic amines) is 1. The monoisotopic (exact) mass is 1060 g/mol. The van der Waals surface area contributed by atoms with Crippen molar-refractivity contribution < 1.29 is 81.2 Å². The van der Waals surface area contributed by atoms with Crippen LogP contribution in [0.25, 0.3) is 6.08 Å². The molecule has 0 aromatic carbocycles. The summed E-state index contributed by atoms with van der Waals surface area (Å²) in [6, 6.07) is 1.46. The standard InChI is InChI=1S/C48H74N8O16.C2H6O/c1-2-8-51-47(61)37-31-40-41(54-42(49)33-37)32-38(34-52-40)48(62)55-10-3-4-39(35-55)53-43(57)7-11-63-13-15-65-17-19-67-21-23-69-25-27-71-29-30-72-28-26-70-24-22-68-20-18-66-16-14-64-12-9-50-44(58)36-56-45(59)5-6-46(56)60;1-2-3/h5-6,31-32,34,39H,2-4,7-30,33,35-36H2,1H3,(H2,49,54)(H,50,58)(H,51,61)(H,53,57);3H,2H2,1H3. The van der Waals surface area contributed by atoms with Gasteiger partial charge in [0, 0.05) is 75.6 Å². The molecule has 4 rings (SSSR count). The topological polar surface area (TPSA) is 309 Å². The zero-order valence-electron chi connectivity index (χ0n) is 43.7. The molecule has 4 heterocycles. The number of carbonyl (C=O) groups excluding carboxylic acids is 6. The van der Waals surface area contributed by atoms with Crippen molar-refractivity contribution in [3.8, 4) is 0 Å². The molecule has 25 heteroatoms. The Labute approximate surface area is 439 Å². The molecule has 75 heavy (non-hydrogen) atoms. The minimum Gasteiger partial charge on any atom is -0.397 e. The number of aromatic nitrogens is 1. The van der Waals surface area contributed by atoms with Crippen molar-refractivity contribution >= 4 is 53.0 Å². The van der Waals surface area contributed by atoms with Crippen molar-refractivity contribution in [3.05, 3.63) is 41.2 Å². The highest BCUT2D eigenvalue weighted by Gasteiger charge is 2.28. The van der Waals surface area contributed by atoms with Crippen LogP contribution in [-0.4, -0.2) is 239 Å². The number of amidine groups is 1. The minimum atomic E-state index is -0.500. The van der Waals surface area contributed by atoms with E-state index in [-0.39, 0.29) is 75.4 Å². The molecule has 0 radical (unpaired) electrons. The van der Waals surface area contributed by atoms with Crippen LogP contribution in [0.5, 0.6) is 0 Å². The van der Waals surface area contributed by atoms with E-state index in [2.05, 4.69) is 25.9 Å². The molecule has 0 aliphatic carbocycles. The molecule has 422 valence electrons. The van der Waals surface area contributed by atoms with E-state index in [0.717, 1.165) is 36.3 Å². The van der Waals surface area contributed by atoms with Gasteiger partial charge in [0.05, 0.1) is 149 Å². The first-order chi connectivity index (χ1) is 36.6. The van der Waals surface area contributed by atoms with Crippen LogP contribution < -0.4 is 21.7 Å². The molecule has 1 aromatic rings. The minimum absolute atomic E-state index is 0.150. The predicted octanol–water partition coefficient (Wildman–Crippen LogP) is -0.300. The molecule has 0 bridgehead atoms. The van der Waals surface area contributed by atoms with Gasteiger partial charge in [-0.3, -0.25) is 38.7 Å². The summed E-state index contributed by atoms with van der Waals surface area (Å²) in [5.41, 5.74) is 7.82. The third kappa shape index (κ3) is 29.0. The summed E-state index contributed by atoms with van der Waals surface area (Å²) >= 11 is 0. The number of hydrogen-bond donors (Lipinski definition) is 5. The number of aliphatic imine (C=N–C) groups is 1. The lowest BCUT2D eigenvalue weighted by atomic mass is 10.0. The van der Waals surface area contributed by atoms with Gasteiger partial charge in [0.1, 0.15) is 12.4 Å². The summed E-state index contributed by atoms with van der Waals surface area (Å²) in [6.07, 6.45) is 8.08. The Balaban J connectivity index is 0.00000482. The summed E-state index contributed by atoms with van der Waals surface area (Å²) < 4.78 is 54.9. The lowest BCUT2D eigenvalue weighted by Crippen LogP contribution is -2.49. The molecule has 0 spiro atoms. The maximum Gasteiger partial charge on any atom is 0.255 e.